The lowest BCUT2D eigenvalue weighted by Crippen LogP contribution is -1.83. The average Bonchev–Trinajstić information content (AvgIpc) is 3.30. The summed E-state index contributed by atoms with van der Waals surface area (Å²) in [7, 11) is 0. The van der Waals surface area contributed by atoms with Crippen LogP contribution in [-0.4, -0.2) is 0 Å². The monoisotopic (exact) mass is 498 g/mol. The normalized spacial score (nSPS) is 11.7. The molecule has 160 valence electrons. The van der Waals surface area contributed by atoms with Crippen molar-refractivity contribution in [1.82, 2.24) is 0 Å². The summed E-state index contributed by atoms with van der Waals surface area (Å²) in [5.41, 5.74) is 6.50. The lowest BCUT2D eigenvalue weighted by atomic mass is 9.95. The van der Waals surface area contributed by atoms with E-state index in [1.165, 1.54) is 32.7 Å². The molecule has 7 aromatic rings. The minimum Gasteiger partial charge on any atom is -0.455 e. The van der Waals surface area contributed by atoms with Gasteiger partial charge in [0.05, 0.1) is 0 Å². The summed E-state index contributed by atoms with van der Waals surface area (Å²) in [6, 6.07) is 40.7. The summed E-state index contributed by atoms with van der Waals surface area (Å²) >= 11 is 3.70. The van der Waals surface area contributed by atoms with E-state index in [1.54, 1.807) is 0 Å². The highest BCUT2D eigenvalue weighted by Crippen LogP contribution is 2.43. The molecule has 0 saturated heterocycles. The number of para-hydroxylation sites is 1. The van der Waals surface area contributed by atoms with Gasteiger partial charge in [-0.05, 0) is 45.0 Å². The standard InChI is InChI=1S/C32H19BrO/c33-29-18-6-5-11-22(29)20-9-7-10-21(19-20)23-16-8-17-28-30-26-14-3-1-12-24(26)25-13-2-4-15-27(25)32(30)34-31(23)28/h1-19H. The third-order valence-corrected chi connectivity index (χ3v) is 7.42. The highest BCUT2D eigenvalue weighted by atomic mass is 79.9. The first kappa shape index (κ1) is 19.6. The van der Waals surface area contributed by atoms with Gasteiger partial charge >= 0.3 is 0 Å². The second kappa shape index (κ2) is 7.58. The van der Waals surface area contributed by atoms with Crippen LogP contribution in [0.2, 0.25) is 0 Å². The van der Waals surface area contributed by atoms with Crippen molar-refractivity contribution in [2.24, 2.45) is 0 Å². The number of fused-ring (bicyclic) bond motifs is 8. The topological polar surface area (TPSA) is 13.1 Å². The molecule has 0 fully saturated rings. The Labute approximate surface area is 205 Å². The summed E-state index contributed by atoms with van der Waals surface area (Å²) in [4.78, 5) is 0. The van der Waals surface area contributed by atoms with Crippen molar-refractivity contribution in [3.63, 3.8) is 0 Å². The van der Waals surface area contributed by atoms with Crippen LogP contribution in [0.25, 0.3) is 65.7 Å². The molecule has 0 aliphatic heterocycles. The van der Waals surface area contributed by atoms with Gasteiger partial charge in [0.15, 0.2) is 0 Å². The highest BCUT2D eigenvalue weighted by molar-refractivity contribution is 9.10. The Bertz CT molecular complexity index is 1880. The zero-order chi connectivity index (χ0) is 22.6. The van der Waals surface area contributed by atoms with Crippen molar-refractivity contribution in [3.8, 4) is 22.3 Å². The van der Waals surface area contributed by atoms with E-state index in [0.29, 0.717) is 0 Å². The Balaban J connectivity index is 1.56. The van der Waals surface area contributed by atoms with E-state index in [4.69, 9.17) is 4.42 Å². The summed E-state index contributed by atoms with van der Waals surface area (Å²) in [5.74, 6) is 0. The Kier molecular flexibility index (Phi) is 4.36. The minimum absolute atomic E-state index is 0.934. The van der Waals surface area contributed by atoms with E-state index in [9.17, 15) is 0 Å². The van der Waals surface area contributed by atoms with Gasteiger partial charge in [-0.15, -0.1) is 0 Å². The molecule has 0 saturated carbocycles. The fourth-order valence-corrected chi connectivity index (χ4v) is 5.72. The van der Waals surface area contributed by atoms with Crippen LogP contribution in [-0.2, 0) is 0 Å². The van der Waals surface area contributed by atoms with Crippen molar-refractivity contribution in [3.05, 3.63) is 120 Å². The van der Waals surface area contributed by atoms with Crippen molar-refractivity contribution < 1.29 is 4.42 Å². The van der Waals surface area contributed by atoms with Crippen molar-refractivity contribution in [2.45, 2.75) is 0 Å². The van der Waals surface area contributed by atoms with E-state index in [2.05, 4.69) is 125 Å². The Hall–Kier alpha value is -3.88. The molecule has 1 heterocycles. The first-order valence-corrected chi connectivity index (χ1v) is 12.2. The molecule has 0 bridgehead atoms. The minimum atomic E-state index is 0.934. The van der Waals surface area contributed by atoms with Crippen LogP contribution in [0.5, 0.6) is 0 Å². The summed E-state index contributed by atoms with van der Waals surface area (Å²) in [5, 5.41) is 7.21. The molecule has 0 spiro atoms. The largest absolute Gasteiger partial charge is 0.455 e. The van der Waals surface area contributed by atoms with E-state index in [0.717, 1.165) is 37.5 Å². The maximum Gasteiger partial charge on any atom is 0.143 e. The lowest BCUT2D eigenvalue weighted by Gasteiger charge is -2.08. The summed E-state index contributed by atoms with van der Waals surface area (Å²) in [6.07, 6.45) is 0. The number of furan rings is 1. The maximum atomic E-state index is 6.72. The number of benzene rings is 6. The van der Waals surface area contributed by atoms with Crippen LogP contribution in [0, 0.1) is 0 Å². The Morgan fingerprint density at radius 3 is 1.79 bits per heavy atom. The van der Waals surface area contributed by atoms with Crippen molar-refractivity contribution >= 4 is 59.4 Å². The van der Waals surface area contributed by atoms with Crippen LogP contribution in [0.4, 0.5) is 0 Å². The first-order chi connectivity index (χ1) is 16.8. The molecule has 0 radical (unpaired) electrons. The van der Waals surface area contributed by atoms with Crippen LogP contribution >= 0.6 is 15.9 Å². The molecule has 0 unspecified atom stereocenters. The Morgan fingerprint density at radius 1 is 0.441 bits per heavy atom. The predicted molar refractivity (Wildman–Crippen MR) is 147 cm³/mol. The number of hydrogen-bond acceptors (Lipinski definition) is 1. The molecule has 0 amide bonds. The van der Waals surface area contributed by atoms with Gasteiger partial charge in [0.25, 0.3) is 0 Å². The van der Waals surface area contributed by atoms with Crippen LogP contribution in [0.15, 0.2) is 124 Å². The molecule has 1 nitrogen and oxygen atoms in total. The smallest absolute Gasteiger partial charge is 0.143 e. The predicted octanol–water partition coefficient (Wildman–Crippen LogP) is 9.99. The van der Waals surface area contributed by atoms with E-state index in [-0.39, 0.29) is 0 Å². The molecule has 0 atom stereocenters. The molecule has 6 aromatic carbocycles. The molecule has 2 heteroatoms. The molecular weight excluding hydrogens is 480 g/mol. The van der Waals surface area contributed by atoms with Gasteiger partial charge in [-0.1, -0.05) is 119 Å². The summed E-state index contributed by atoms with van der Waals surface area (Å²) in [6.45, 7) is 0. The molecule has 0 N–H and O–H groups in total. The fourth-order valence-electron chi connectivity index (χ4n) is 5.21. The van der Waals surface area contributed by atoms with Crippen LogP contribution < -0.4 is 0 Å². The molecule has 0 aliphatic rings. The number of hydrogen-bond donors (Lipinski definition) is 0. The van der Waals surface area contributed by atoms with E-state index >= 15 is 0 Å². The Morgan fingerprint density at radius 2 is 1.00 bits per heavy atom. The lowest BCUT2D eigenvalue weighted by molar-refractivity contribution is 0.674. The number of rotatable bonds is 2. The highest BCUT2D eigenvalue weighted by Gasteiger charge is 2.18. The van der Waals surface area contributed by atoms with Crippen molar-refractivity contribution in [2.75, 3.05) is 0 Å². The van der Waals surface area contributed by atoms with Crippen molar-refractivity contribution in [1.29, 1.82) is 0 Å². The zero-order valence-electron chi connectivity index (χ0n) is 18.3. The van der Waals surface area contributed by atoms with Gasteiger partial charge in [0, 0.05) is 26.2 Å². The van der Waals surface area contributed by atoms with Gasteiger partial charge in [-0.25, -0.2) is 0 Å². The number of halogens is 1. The molecule has 34 heavy (non-hydrogen) atoms. The van der Waals surface area contributed by atoms with Gasteiger partial charge in [0.2, 0.25) is 0 Å². The summed E-state index contributed by atoms with van der Waals surface area (Å²) < 4.78 is 7.81. The molecule has 0 aliphatic carbocycles. The van der Waals surface area contributed by atoms with Gasteiger partial charge in [-0.3, -0.25) is 0 Å². The zero-order valence-corrected chi connectivity index (χ0v) is 19.8. The molecular formula is C32H19BrO. The second-order valence-electron chi connectivity index (χ2n) is 8.64. The SMILES string of the molecule is Brc1ccccc1-c1cccc(-c2cccc3c2oc2c4ccccc4c4ccccc4c32)c1. The van der Waals surface area contributed by atoms with Gasteiger partial charge < -0.3 is 4.42 Å². The first-order valence-electron chi connectivity index (χ1n) is 11.4. The second-order valence-corrected chi connectivity index (χ2v) is 9.49. The fraction of sp³-hybridized carbons (Fsp3) is 0. The van der Waals surface area contributed by atoms with E-state index < -0.39 is 0 Å². The molecule has 1 aromatic heterocycles. The van der Waals surface area contributed by atoms with Crippen LogP contribution in [0.3, 0.4) is 0 Å². The van der Waals surface area contributed by atoms with Gasteiger partial charge in [-0.2, -0.15) is 0 Å². The quantitative estimate of drug-likeness (QED) is 0.216. The third kappa shape index (κ3) is 2.85. The average molecular weight is 499 g/mol. The third-order valence-electron chi connectivity index (χ3n) is 6.73. The molecule has 7 rings (SSSR count). The van der Waals surface area contributed by atoms with E-state index in [1.807, 2.05) is 6.07 Å². The van der Waals surface area contributed by atoms with Gasteiger partial charge in [0.1, 0.15) is 11.2 Å². The maximum absolute atomic E-state index is 6.72. The van der Waals surface area contributed by atoms with Crippen LogP contribution in [0.1, 0.15) is 0 Å².